The molecule has 0 spiro atoms. The summed E-state index contributed by atoms with van der Waals surface area (Å²) in [5.74, 6) is 5.47. The SMILES string of the molecule is COc1ccc(C#CCN=[N+]=[N-])c([N+](=O)[O-])c1. The van der Waals surface area contributed by atoms with E-state index < -0.39 is 4.92 Å². The van der Waals surface area contributed by atoms with Crippen LogP contribution >= 0.6 is 0 Å². The summed E-state index contributed by atoms with van der Waals surface area (Å²) in [6, 6.07) is 4.35. The van der Waals surface area contributed by atoms with E-state index in [1.807, 2.05) is 0 Å². The molecule has 0 heterocycles. The molecule has 0 saturated heterocycles. The van der Waals surface area contributed by atoms with Crippen molar-refractivity contribution in [3.05, 3.63) is 44.3 Å². The fraction of sp³-hybridized carbons (Fsp3) is 0.200. The van der Waals surface area contributed by atoms with Crippen LogP contribution in [0.3, 0.4) is 0 Å². The first-order chi connectivity index (χ1) is 8.19. The molecule has 0 N–H and O–H groups in total. The van der Waals surface area contributed by atoms with Gasteiger partial charge in [0.05, 0.1) is 24.6 Å². The molecule has 1 aromatic rings. The summed E-state index contributed by atoms with van der Waals surface area (Å²) in [6.07, 6.45) is 0. The fourth-order valence-corrected chi connectivity index (χ4v) is 1.10. The average Bonchev–Trinajstić information content (AvgIpc) is 2.34. The van der Waals surface area contributed by atoms with Crippen molar-refractivity contribution >= 4 is 5.69 Å². The number of hydrogen-bond donors (Lipinski definition) is 0. The van der Waals surface area contributed by atoms with Crippen LogP contribution < -0.4 is 4.74 Å². The Kier molecular flexibility index (Phi) is 4.36. The van der Waals surface area contributed by atoms with Crippen LogP contribution in [-0.2, 0) is 0 Å². The monoisotopic (exact) mass is 232 g/mol. The number of methoxy groups -OCH3 is 1. The molecule has 17 heavy (non-hydrogen) atoms. The van der Waals surface area contributed by atoms with Gasteiger partial charge in [-0.25, -0.2) is 0 Å². The molecule has 1 aromatic carbocycles. The van der Waals surface area contributed by atoms with E-state index >= 15 is 0 Å². The van der Waals surface area contributed by atoms with E-state index in [9.17, 15) is 10.1 Å². The molecule has 0 bridgehead atoms. The first kappa shape index (κ1) is 12.4. The van der Waals surface area contributed by atoms with E-state index in [-0.39, 0.29) is 17.8 Å². The van der Waals surface area contributed by atoms with Gasteiger partial charge in [0.25, 0.3) is 5.69 Å². The summed E-state index contributed by atoms with van der Waals surface area (Å²) < 4.78 is 4.88. The van der Waals surface area contributed by atoms with Crippen LogP contribution in [0.1, 0.15) is 5.56 Å². The Bertz CT molecular complexity index is 538. The van der Waals surface area contributed by atoms with Crippen molar-refractivity contribution in [3.63, 3.8) is 0 Å². The smallest absolute Gasteiger partial charge is 0.288 e. The van der Waals surface area contributed by atoms with Crippen LogP contribution in [0.15, 0.2) is 23.3 Å². The number of nitro benzene ring substituents is 1. The van der Waals surface area contributed by atoms with Crippen LogP contribution in [0.5, 0.6) is 5.75 Å². The van der Waals surface area contributed by atoms with Gasteiger partial charge >= 0.3 is 0 Å². The minimum Gasteiger partial charge on any atom is -0.497 e. The summed E-state index contributed by atoms with van der Waals surface area (Å²) in [5.41, 5.74) is 8.15. The number of hydrogen-bond acceptors (Lipinski definition) is 4. The van der Waals surface area contributed by atoms with Crippen LogP contribution in [0.2, 0.25) is 0 Å². The standard InChI is InChI=1S/C10H8N4O3/c1-17-9-5-4-8(3-2-6-12-13-11)10(7-9)14(15)16/h4-5,7H,6H2,1H3. The zero-order valence-corrected chi connectivity index (χ0v) is 8.95. The van der Waals surface area contributed by atoms with Gasteiger partial charge in [-0.2, -0.15) is 0 Å². The number of rotatable bonds is 3. The van der Waals surface area contributed by atoms with E-state index in [1.165, 1.54) is 19.2 Å². The maximum Gasteiger partial charge on any atom is 0.288 e. The minimum absolute atomic E-state index is 0.0281. The Hall–Kier alpha value is -2.71. The van der Waals surface area contributed by atoms with Gasteiger partial charge in [-0.1, -0.05) is 17.0 Å². The molecule has 0 saturated carbocycles. The second kappa shape index (κ2) is 6.00. The normalized spacial score (nSPS) is 8.53. The van der Waals surface area contributed by atoms with Crippen LogP contribution in [0.4, 0.5) is 5.69 Å². The van der Waals surface area contributed by atoms with E-state index in [0.29, 0.717) is 5.75 Å². The Labute approximate surface area is 96.8 Å². The van der Waals surface area contributed by atoms with E-state index in [4.69, 9.17) is 10.3 Å². The Morgan fingerprint density at radius 1 is 1.65 bits per heavy atom. The molecule has 7 heteroatoms. The minimum atomic E-state index is -0.542. The largest absolute Gasteiger partial charge is 0.497 e. The second-order valence-corrected chi connectivity index (χ2v) is 2.83. The summed E-state index contributed by atoms with van der Waals surface area (Å²) in [4.78, 5) is 12.8. The van der Waals surface area contributed by atoms with E-state index in [0.717, 1.165) is 0 Å². The quantitative estimate of drug-likeness (QED) is 0.199. The Morgan fingerprint density at radius 2 is 2.41 bits per heavy atom. The topological polar surface area (TPSA) is 101 Å². The van der Waals surface area contributed by atoms with Gasteiger partial charge < -0.3 is 4.74 Å². The van der Waals surface area contributed by atoms with Crippen LogP contribution in [-0.4, -0.2) is 18.6 Å². The van der Waals surface area contributed by atoms with Crippen molar-refractivity contribution in [3.8, 4) is 17.6 Å². The lowest BCUT2D eigenvalue weighted by molar-refractivity contribution is -0.385. The highest BCUT2D eigenvalue weighted by molar-refractivity contribution is 5.54. The van der Waals surface area contributed by atoms with Gasteiger partial charge in [-0.3, -0.25) is 10.1 Å². The van der Waals surface area contributed by atoms with E-state index in [1.54, 1.807) is 6.07 Å². The van der Waals surface area contributed by atoms with Crippen molar-refractivity contribution in [2.24, 2.45) is 5.11 Å². The maximum absolute atomic E-state index is 10.8. The molecular formula is C10H8N4O3. The molecule has 0 unspecified atom stereocenters. The first-order valence-corrected chi connectivity index (χ1v) is 4.51. The third-order valence-electron chi connectivity index (χ3n) is 1.84. The molecule has 0 aromatic heterocycles. The maximum atomic E-state index is 10.8. The molecule has 0 aliphatic heterocycles. The summed E-state index contributed by atoms with van der Waals surface area (Å²) in [6.45, 7) is -0.0281. The third-order valence-corrected chi connectivity index (χ3v) is 1.84. The zero-order valence-electron chi connectivity index (χ0n) is 8.95. The third kappa shape index (κ3) is 3.41. The molecule has 0 aliphatic rings. The van der Waals surface area contributed by atoms with Gasteiger partial charge in [0.2, 0.25) is 0 Å². The Morgan fingerprint density at radius 3 is 3.00 bits per heavy atom. The Balaban J connectivity index is 3.09. The molecule has 0 aliphatic carbocycles. The predicted octanol–water partition coefficient (Wildman–Crippen LogP) is 2.27. The number of azide groups is 1. The van der Waals surface area contributed by atoms with Gasteiger partial charge in [0, 0.05) is 4.91 Å². The number of nitrogens with zero attached hydrogens (tertiary/aromatic N) is 4. The zero-order chi connectivity index (χ0) is 12.7. The highest BCUT2D eigenvalue weighted by Crippen LogP contribution is 2.23. The van der Waals surface area contributed by atoms with Crippen molar-refractivity contribution in [1.29, 1.82) is 0 Å². The van der Waals surface area contributed by atoms with Crippen molar-refractivity contribution in [1.82, 2.24) is 0 Å². The van der Waals surface area contributed by atoms with Gasteiger partial charge in [-0.05, 0) is 17.7 Å². The summed E-state index contributed by atoms with van der Waals surface area (Å²) in [7, 11) is 1.42. The molecule has 7 nitrogen and oxygen atoms in total. The summed E-state index contributed by atoms with van der Waals surface area (Å²) in [5, 5.41) is 14.0. The highest BCUT2D eigenvalue weighted by Gasteiger charge is 2.12. The lowest BCUT2D eigenvalue weighted by Gasteiger charge is -2.00. The van der Waals surface area contributed by atoms with E-state index in [2.05, 4.69) is 21.9 Å². The second-order valence-electron chi connectivity index (χ2n) is 2.83. The molecule has 0 radical (unpaired) electrons. The van der Waals surface area contributed by atoms with Gasteiger partial charge in [0.15, 0.2) is 0 Å². The molecular weight excluding hydrogens is 224 g/mol. The van der Waals surface area contributed by atoms with Crippen LogP contribution in [0, 0.1) is 22.0 Å². The van der Waals surface area contributed by atoms with Crippen molar-refractivity contribution in [2.45, 2.75) is 0 Å². The molecule has 0 atom stereocenters. The molecule has 1 rings (SSSR count). The molecule has 0 amide bonds. The predicted molar refractivity (Wildman–Crippen MR) is 60.5 cm³/mol. The molecule has 0 fully saturated rings. The lowest BCUT2D eigenvalue weighted by atomic mass is 10.2. The first-order valence-electron chi connectivity index (χ1n) is 4.51. The van der Waals surface area contributed by atoms with Crippen molar-refractivity contribution in [2.75, 3.05) is 13.7 Å². The van der Waals surface area contributed by atoms with Crippen LogP contribution in [0.25, 0.3) is 10.4 Å². The average molecular weight is 232 g/mol. The molecule has 86 valence electrons. The number of ether oxygens (including phenoxy) is 1. The van der Waals surface area contributed by atoms with Gasteiger partial charge in [-0.15, -0.1) is 0 Å². The van der Waals surface area contributed by atoms with Gasteiger partial charge in [0.1, 0.15) is 11.3 Å². The fourth-order valence-electron chi connectivity index (χ4n) is 1.10. The number of benzene rings is 1. The van der Waals surface area contributed by atoms with Crippen molar-refractivity contribution < 1.29 is 9.66 Å². The lowest BCUT2D eigenvalue weighted by Crippen LogP contribution is -1.93. The number of nitro groups is 1. The summed E-state index contributed by atoms with van der Waals surface area (Å²) >= 11 is 0. The highest BCUT2D eigenvalue weighted by atomic mass is 16.6.